The molecule has 0 spiro atoms. The molecule has 114 valence electrons. The van der Waals surface area contributed by atoms with E-state index in [1.807, 2.05) is 12.1 Å². The third-order valence-corrected chi connectivity index (χ3v) is 4.13. The fourth-order valence-corrected chi connectivity index (χ4v) is 2.80. The summed E-state index contributed by atoms with van der Waals surface area (Å²) in [6, 6.07) is 10.7. The minimum atomic E-state index is -0.378. The Kier molecular flexibility index (Phi) is 4.85. The first-order valence-electron chi connectivity index (χ1n) is 6.58. The van der Waals surface area contributed by atoms with Gasteiger partial charge in [-0.3, -0.25) is 0 Å². The molecule has 4 nitrogen and oxygen atoms in total. The van der Waals surface area contributed by atoms with Crippen LogP contribution in [0.25, 0.3) is 0 Å². The molecule has 1 aliphatic rings. The van der Waals surface area contributed by atoms with E-state index >= 15 is 0 Å². The molecule has 1 heterocycles. The lowest BCUT2D eigenvalue weighted by Gasteiger charge is -2.21. The van der Waals surface area contributed by atoms with Crippen molar-refractivity contribution in [3.05, 3.63) is 61.7 Å². The van der Waals surface area contributed by atoms with Gasteiger partial charge in [-0.25, -0.2) is 4.79 Å². The Morgan fingerprint density at radius 3 is 2.82 bits per heavy atom. The van der Waals surface area contributed by atoms with Crippen LogP contribution in [-0.2, 0) is 22.7 Å². The average Bonchev–Trinajstić information content (AvgIpc) is 2.52. The zero-order valence-electron chi connectivity index (χ0n) is 11.5. The van der Waals surface area contributed by atoms with Crippen LogP contribution in [-0.4, -0.2) is 12.8 Å². The molecule has 0 N–H and O–H groups in total. The van der Waals surface area contributed by atoms with Gasteiger partial charge in [0.1, 0.15) is 12.4 Å². The summed E-state index contributed by atoms with van der Waals surface area (Å²) in [5.41, 5.74) is 2.12. The van der Waals surface area contributed by atoms with Gasteiger partial charge in [-0.1, -0.05) is 11.6 Å². The van der Waals surface area contributed by atoms with E-state index in [4.69, 9.17) is 25.8 Å². The van der Waals surface area contributed by atoms with E-state index in [-0.39, 0.29) is 19.4 Å². The normalized spacial score (nSPS) is 13.2. The van der Waals surface area contributed by atoms with Gasteiger partial charge in [0.15, 0.2) is 6.79 Å². The summed E-state index contributed by atoms with van der Waals surface area (Å²) in [5.74, 6) is 0.309. The van der Waals surface area contributed by atoms with Crippen LogP contribution in [0.3, 0.4) is 0 Å². The second-order valence-corrected chi connectivity index (χ2v) is 6.43. The Morgan fingerprint density at radius 2 is 2.05 bits per heavy atom. The molecule has 0 fully saturated rings. The monoisotopic (exact) mass is 430 g/mol. The van der Waals surface area contributed by atoms with Gasteiger partial charge in [0.05, 0.1) is 12.2 Å². The predicted octanol–water partition coefficient (Wildman–Crippen LogP) is 4.17. The molecule has 0 unspecified atom stereocenters. The third-order valence-electron chi connectivity index (χ3n) is 3.19. The van der Waals surface area contributed by atoms with E-state index in [2.05, 4.69) is 22.6 Å². The van der Waals surface area contributed by atoms with E-state index in [0.717, 1.165) is 14.7 Å². The summed E-state index contributed by atoms with van der Waals surface area (Å²) < 4.78 is 17.1. The lowest BCUT2D eigenvalue weighted by Crippen LogP contribution is -2.14. The second kappa shape index (κ2) is 6.85. The van der Waals surface area contributed by atoms with Gasteiger partial charge < -0.3 is 14.2 Å². The molecule has 6 heteroatoms. The number of benzene rings is 2. The minimum Gasteiger partial charge on any atom is -0.467 e. The quantitative estimate of drug-likeness (QED) is 0.542. The largest absolute Gasteiger partial charge is 0.467 e. The highest BCUT2D eigenvalue weighted by atomic mass is 127. The third kappa shape index (κ3) is 3.53. The van der Waals surface area contributed by atoms with Crippen LogP contribution in [0.5, 0.6) is 5.75 Å². The van der Waals surface area contributed by atoms with Crippen LogP contribution in [0.2, 0.25) is 5.02 Å². The van der Waals surface area contributed by atoms with Crippen LogP contribution in [0.15, 0.2) is 36.4 Å². The van der Waals surface area contributed by atoms with Crippen molar-refractivity contribution in [3.63, 3.8) is 0 Å². The maximum absolute atomic E-state index is 12.1. The van der Waals surface area contributed by atoms with E-state index in [9.17, 15) is 4.79 Å². The van der Waals surface area contributed by atoms with Crippen molar-refractivity contribution in [2.24, 2.45) is 0 Å². The maximum atomic E-state index is 12.1. The molecule has 0 aliphatic carbocycles. The summed E-state index contributed by atoms with van der Waals surface area (Å²) in [7, 11) is 0. The topological polar surface area (TPSA) is 44.8 Å². The van der Waals surface area contributed by atoms with Crippen molar-refractivity contribution >= 4 is 40.2 Å². The average molecular weight is 431 g/mol. The van der Waals surface area contributed by atoms with Crippen molar-refractivity contribution in [1.82, 2.24) is 0 Å². The number of fused-ring (bicyclic) bond motifs is 1. The lowest BCUT2D eigenvalue weighted by atomic mass is 10.1. The fourth-order valence-electron chi connectivity index (χ4n) is 2.18. The summed E-state index contributed by atoms with van der Waals surface area (Å²) in [6.45, 7) is 0.731. The molecule has 0 radical (unpaired) electrons. The molecule has 22 heavy (non-hydrogen) atoms. The Balaban J connectivity index is 1.75. The molecule has 2 aromatic rings. The Bertz CT molecular complexity index is 700. The van der Waals surface area contributed by atoms with E-state index in [1.165, 1.54) is 0 Å². The number of rotatable bonds is 3. The fraction of sp³-hybridized carbons (Fsp3) is 0.188. The van der Waals surface area contributed by atoms with Gasteiger partial charge in [0.25, 0.3) is 0 Å². The predicted molar refractivity (Wildman–Crippen MR) is 90.0 cm³/mol. The number of carbonyl (C=O) groups is 1. The molecule has 0 saturated carbocycles. The summed E-state index contributed by atoms with van der Waals surface area (Å²) in [4.78, 5) is 12.1. The molecule has 0 atom stereocenters. The second-order valence-electron chi connectivity index (χ2n) is 4.75. The van der Waals surface area contributed by atoms with Gasteiger partial charge in [0.2, 0.25) is 0 Å². The van der Waals surface area contributed by atoms with Crippen molar-refractivity contribution in [1.29, 1.82) is 0 Å². The van der Waals surface area contributed by atoms with Crippen LogP contribution < -0.4 is 4.74 Å². The minimum absolute atomic E-state index is 0.105. The first kappa shape index (κ1) is 15.6. The van der Waals surface area contributed by atoms with Gasteiger partial charge >= 0.3 is 5.97 Å². The number of hydrogen-bond donors (Lipinski definition) is 0. The molecule has 1 aliphatic heterocycles. The first-order chi connectivity index (χ1) is 10.6. The molecule has 0 saturated heterocycles. The molecule has 0 bridgehead atoms. The van der Waals surface area contributed by atoms with Crippen LogP contribution >= 0.6 is 34.2 Å². The van der Waals surface area contributed by atoms with Gasteiger partial charge in [-0.2, -0.15) is 0 Å². The molecular weight excluding hydrogens is 419 g/mol. The van der Waals surface area contributed by atoms with E-state index in [0.29, 0.717) is 22.9 Å². The van der Waals surface area contributed by atoms with E-state index in [1.54, 1.807) is 24.3 Å². The van der Waals surface area contributed by atoms with Gasteiger partial charge in [0, 0.05) is 19.7 Å². The number of ether oxygens (including phenoxy) is 3. The molecule has 0 amide bonds. The zero-order chi connectivity index (χ0) is 15.5. The number of carbonyl (C=O) groups excluding carboxylic acids is 1. The van der Waals surface area contributed by atoms with Crippen molar-refractivity contribution in [3.8, 4) is 5.75 Å². The number of halogens is 2. The van der Waals surface area contributed by atoms with Crippen LogP contribution in [0.4, 0.5) is 0 Å². The SMILES string of the molecule is O=C(OCc1cc(Cl)cc2c1OCOC2)c1ccc(I)cc1. The Labute approximate surface area is 146 Å². The summed E-state index contributed by atoms with van der Waals surface area (Å²) >= 11 is 8.26. The van der Waals surface area contributed by atoms with Gasteiger partial charge in [-0.15, -0.1) is 0 Å². The molecular formula is C16H12ClIO4. The molecule has 2 aromatic carbocycles. The first-order valence-corrected chi connectivity index (χ1v) is 8.03. The standard InChI is InChI=1S/C16H12ClIO4/c17-13-5-11-7-20-9-22-15(11)12(6-13)8-21-16(19)10-1-3-14(18)4-2-10/h1-6H,7-9H2. The zero-order valence-corrected chi connectivity index (χ0v) is 14.4. The summed E-state index contributed by atoms with van der Waals surface area (Å²) in [6.07, 6.45) is 0. The molecule has 0 aromatic heterocycles. The van der Waals surface area contributed by atoms with Crippen LogP contribution in [0, 0.1) is 3.57 Å². The Morgan fingerprint density at radius 1 is 1.27 bits per heavy atom. The number of hydrogen-bond acceptors (Lipinski definition) is 4. The maximum Gasteiger partial charge on any atom is 0.338 e. The van der Waals surface area contributed by atoms with E-state index < -0.39 is 0 Å². The highest BCUT2D eigenvalue weighted by Gasteiger charge is 2.18. The lowest BCUT2D eigenvalue weighted by molar-refractivity contribution is -0.0180. The van der Waals surface area contributed by atoms with Crippen LogP contribution in [0.1, 0.15) is 21.5 Å². The number of esters is 1. The summed E-state index contributed by atoms with van der Waals surface area (Å²) in [5, 5.41) is 0.563. The highest BCUT2D eigenvalue weighted by molar-refractivity contribution is 14.1. The van der Waals surface area contributed by atoms with Gasteiger partial charge in [-0.05, 0) is 59.0 Å². The van der Waals surface area contributed by atoms with Crippen molar-refractivity contribution < 1.29 is 19.0 Å². The molecule has 3 rings (SSSR count). The Hall–Kier alpha value is -1.31. The van der Waals surface area contributed by atoms with Crippen molar-refractivity contribution in [2.75, 3.05) is 6.79 Å². The van der Waals surface area contributed by atoms with Crippen molar-refractivity contribution in [2.45, 2.75) is 13.2 Å². The smallest absolute Gasteiger partial charge is 0.338 e. The highest BCUT2D eigenvalue weighted by Crippen LogP contribution is 2.32.